The molecular formula is C20H23FN6. The number of nitrogens with one attached hydrogen (secondary N) is 2. The highest BCUT2D eigenvalue weighted by molar-refractivity contribution is 5.79. The number of benzene rings is 1. The van der Waals surface area contributed by atoms with Crippen molar-refractivity contribution >= 4 is 5.96 Å². The van der Waals surface area contributed by atoms with Gasteiger partial charge < -0.3 is 10.6 Å². The number of halogens is 1. The zero-order valence-electron chi connectivity index (χ0n) is 15.5. The van der Waals surface area contributed by atoms with Crippen LogP contribution in [0.3, 0.4) is 0 Å². The Morgan fingerprint density at radius 3 is 2.81 bits per heavy atom. The molecule has 0 aliphatic heterocycles. The first-order valence-electron chi connectivity index (χ1n) is 8.80. The summed E-state index contributed by atoms with van der Waals surface area (Å²) >= 11 is 0. The summed E-state index contributed by atoms with van der Waals surface area (Å²) in [5.41, 5.74) is 3.16. The monoisotopic (exact) mass is 366 g/mol. The normalized spacial score (nSPS) is 11.4. The van der Waals surface area contributed by atoms with E-state index in [-0.39, 0.29) is 5.82 Å². The van der Waals surface area contributed by atoms with Crippen molar-refractivity contribution in [2.75, 3.05) is 13.6 Å². The van der Waals surface area contributed by atoms with Crippen molar-refractivity contribution in [3.8, 4) is 5.82 Å². The van der Waals surface area contributed by atoms with Crippen molar-refractivity contribution in [1.29, 1.82) is 0 Å². The summed E-state index contributed by atoms with van der Waals surface area (Å²) in [6, 6.07) is 10.7. The first-order valence-corrected chi connectivity index (χ1v) is 8.80. The number of guanidine groups is 1. The van der Waals surface area contributed by atoms with Gasteiger partial charge in [0, 0.05) is 38.7 Å². The topological polar surface area (TPSA) is 67.1 Å². The fourth-order valence-electron chi connectivity index (χ4n) is 2.76. The second-order valence-corrected chi connectivity index (χ2v) is 6.15. The van der Waals surface area contributed by atoms with E-state index in [0.717, 1.165) is 28.9 Å². The van der Waals surface area contributed by atoms with Crippen LogP contribution in [0.2, 0.25) is 0 Å². The maximum Gasteiger partial charge on any atom is 0.191 e. The Labute approximate surface area is 158 Å². The van der Waals surface area contributed by atoms with Crippen LogP contribution >= 0.6 is 0 Å². The standard InChI is InChI=1S/C20H23FN6/c1-15-12-18(21)5-4-17(15)7-10-24-20(22-2)25-14-16-6-9-23-19(13-16)27-11-3-8-26-27/h3-6,8-9,11-13H,7,10,14H2,1-2H3,(H2,22,24,25). The Morgan fingerprint density at radius 2 is 2.07 bits per heavy atom. The van der Waals surface area contributed by atoms with E-state index < -0.39 is 0 Å². The minimum absolute atomic E-state index is 0.200. The smallest absolute Gasteiger partial charge is 0.191 e. The quantitative estimate of drug-likeness (QED) is 0.520. The van der Waals surface area contributed by atoms with Crippen LogP contribution in [0.15, 0.2) is 60.0 Å². The van der Waals surface area contributed by atoms with Crippen molar-refractivity contribution in [2.45, 2.75) is 19.9 Å². The molecule has 0 bridgehead atoms. The Bertz CT molecular complexity index is 905. The summed E-state index contributed by atoms with van der Waals surface area (Å²) in [5.74, 6) is 1.29. The Hall–Kier alpha value is -3.22. The molecule has 7 heteroatoms. The van der Waals surface area contributed by atoms with Crippen LogP contribution in [-0.2, 0) is 13.0 Å². The third-order valence-electron chi connectivity index (χ3n) is 4.22. The first kappa shape index (κ1) is 18.6. The van der Waals surface area contributed by atoms with Gasteiger partial charge in [0.1, 0.15) is 5.82 Å². The lowest BCUT2D eigenvalue weighted by Crippen LogP contribution is -2.37. The number of nitrogens with zero attached hydrogens (tertiary/aromatic N) is 4. The molecule has 2 N–H and O–H groups in total. The zero-order chi connectivity index (χ0) is 19.1. The summed E-state index contributed by atoms with van der Waals surface area (Å²) in [7, 11) is 1.74. The van der Waals surface area contributed by atoms with Gasteiger partial charge in [-0.1, -0.05) is 6.07 Å². The van der Waals surface area contributed by atoms with Crippen LogP contribution in [0, 0.1) is 12.7 Å². The third-order valence-corrected chi connectivity index (χ3v) is 4.22. The van der Waals surface area contributed by atoms with Crippen LogP contribution in [0.4, 0.5) is 4.39 Å². The molecule has 6 nitrogen and oxygen atoms in total. The van der Waals surface area contributed by atoms with Crippen molar-refractivity contribution in [3.63, 3.8) is 0 Å². The van der Waals surface area contributed by atoms with Gasteiger partial charge in [-0.25, -0.2) is 14.1 Å². The summed E-state index contributed by atoms with van der Waals surface area (Å²) in [6.07, 6.45) is 6.14. The van der Waals surface area contributed by atoms with Gasteiger partial charge >= 0.3 is 0 Å². The van der Waals surface area contributed by atoms with E-state index in [4.69, 9.17) is 0 Å². The molecule has 0 amide bonds. The molecule has 0 atom stereocenters. The highest BCUT2D eigenvalue weighted by Crippen LogP contribution is 2.10. The Kier molecular flexibility index (Phi) is 6.14. The lowest BCUT2D eigenvalue weighted by Gasteiger charge is -2.13. The van der Waals surface area contributed by atoms with E-state index in [0.29, 0.717) is 19.0 Å². The SMILES string of the molecule is CN=C(NCCc1ccc(F)cc1C)NCc1ccnc(-n2cccn2)c1. The minimum atomic E-state index is -0.200. The van der Waals surface area contributed by atoms with Crippen molar-refractivity contribution in [1.82, 2.24) is 25.4 Å². The lowest BCUT2D eigenvalue weighted by atomic mass is 10.1. The molecule has 140 valence electrons. The number of pyridine rings is 1. The Morgan fingerprint density at radius 1 is 1.19 bits per heavy atom. The molecule has 3 rings (SSSR count). The molecule has 0 saturated heterocycles. The summed E-state index contributed by atoms with van der Waals surface area (Å²) in [5, 5.41) is 10.8. The van der Waals surface area contributed by atoms with Gasteiger partial charge in [0.05, 0.1) is 0 Å². The average Bonchev–Trinajstić information content (AvgIpc) is 3.21. The molecule has 0 fully saturated rings. The van der Waals surface area contributed by atoms with Gasteiger partial charge in [-0.3, -0.25) is 4.99 Å². The molecule has 2 aromatic heterocycles. The minimum Gasteiger partial charge on any atom is -0.356 e. The predicted molar refractivity (Wildman–Crippen MR) is 104 cm³/mol. The van der Waals surface area contributed by atoms with Crippen molar-refractivity contribution in [3.05, 3.63) is 77.5 Å². The largest absolute Gasteiger partial charge is 0.356 e. The molecule has 27 heavy (non-hydrogen) atoms. The van der Waals surface area contributed by atoms with Gasteiger partial charge in [-0.2, -0.15) is 5.10 Å². The molecular weight excluding hydrogens is 343 g/mol. The highest BCUT2D eigenvalue weighted by Gasteiger charge is 2.04. The average molecular weight is 366 g/mol. The second kappa shape index (κ2) is 8.93. The number of aryl methyl sites for hydroxylation is 1. The fourth-order valence-corrected chi connectivity index (χ4v) is 2.76. The zero-order valence-corrected chi connectivity index (χ0v) is 15.5. The molecule has 2 heterocycles. The van der Waals surface area contributed by atoms with Crippen LogP contribution in [-0.4, -0.2) is 34.3 Å². The maximum atomic E-state index is 13.2. The highest BCUT2D eigenvalue weighted by atomic mass is 19.1. The summed E-state index contributed by atoms with van der Waals surface area (Å²) < 4.78 is 14.9. The van der Waals surface area contributed by atoms with Gasteiger partial charge in [-0.05, 0) is 60.4 Å². The van der Waals surface area contributed by atoms with Gasteiger partial charge in [0.2, 0.25) is 0 Å². The second-order valence-electron chi connectivity index (χ2n) is 6.15. The maximum absolute atomic E-state index is 13.2. The van der Waals surface area contributed by atoms with Crippen LogP contribution in [0.5, 0.6) is 0 Å². The third kappa shape index (κ3) is 5.13. The van der Waals surface area contributed by atoms with Crippen LogP contribution < -0.4 is 10.6 Å². The van der Waals surface area contributed by atoms with E-state index in [1.165, 1.54) is 6.07 Å². The molecule has 3 aromatic rings. The number of hydrogen-bond donors (Lipinski definition) is 2. The summed E-state index contributed by atoms with van der Waals surface area (Å²) in [6.45, 7) is 3.25. The van der Waals surface area contributed by atoms with Crippen molar-refractivity contribution < 1.29 is 4.39 Å². The number of rotatable bonds is 6. The predicted octanol–water partition coefficient (Wildman–Crippen LogP) is 2.62. The summed E-state index contributed by atoms with van der Waals surface area (Å²) in [4.78, 5) is 8.57. The lowest BCUT2D eigenvalue weighted by molar-refractivity contribution is 0.625. The molecule has 1 aromatic carbocycles. The van der Waals surface area contributed by atoms with E-state index >= 15 is 0 Å². The molecule has 0 aliphatic carbocycles. The van der Waals surface area contributed by atoms with Crippen LogP contribution in [0.1, 0.15) is 16.7 Å². The molecule has 0 radical (unpaired) electrons. The molecule has 0 spiro atoms. The first-order chi connectivity index (χ1) is 13.2. The Balaban J connectivity index is 1.51. The molecule has 0 unspecified atom stereocenters. The van der Waals surface area contributed by atoms with Gasteiger partial charge in [-0.15, -0.1) is 0 Å². The van der Waals surface area contributed by atoms with E-state index in [1.807, 2.05) is 37.4 Å². The van der Waals surface area contributed by atoms with E-state index in [2.05, 4.69) is 25.7 Å². The van der Waals surface area contributed by atoms with Gasteiger partial charge in [0.15, 0.2) is 11.8 Å². The van der Waals surface area contributed by atoms with Crippen molar-refractivity contribution in [2.24, 2.45) is 4.99 Å². The number of aliphatic imine (C=N–C) groups is 1. The fraction of sp³-hybridized carbons (Fsp3) is 0.250. The number of hydrogen-bond acceptors (Lipinski definition) is 3. The number of aromatic nitrogens is 3. The van der Waals surface area contributed by atoms with E-state index in [1.54, 1.807) is 30.2 Å². The molecule has 0 saturated carbocycles. The van der Waals surface area contributed by atoms with Crippen LogP contribution in [0.25, 0.3) is 5.82 Å². The van der Waals surface area contributed by atoms with E-state index in [9.17, 15) is 4.39 Å². The van der Waals surface area contributed by atoms with Gasteiger partial charge in [0.25, 0.3) is 0 Å². The molecule has 0 aliphatic rings.